The number of aromatic carboxylic acids is 1. The lowest BCUT2D eigenvalue weighted by Gasteiger charge is -2.19. The van der Waals surface area contributed by atoms with Crippen molar-refractivity contribution in [1.29, 1.82) is 0 Å². The molecule has 9 heteroatoms. The average molecular weight is 499 g/mol. The van der Waals surface area contributed by atoms with E-state index in [2.05, 4.69) is 15.5 Å². The number of carboxylic acid groups (broad SMARTS) is 1. The summed E-state index contributed by atoms with van der Waals surface area (Å²) in [5, 5.41) is 16.9. The number of nitrogens with zero attached hydrogens (tertiary/aromatic N) is 2. The molecule has 0 atom stereocenters. The number of hydrogen-bond acceptors (Lipinski definition) is 6. The Morgan fingerprint density at radius 3 is 2.38 bits per heavy atom. The van der Waals surface area contributed by atoms with Crippen LogP contribution in [0.25, 0.3) is 11.3 Å². The Hall–Kier alpha value is -4.47. The number of carboxylic acids is 1. The van der Waals surface area contributed by atoms with Crippen LogP contribution in [0.4, 0.5) is 11.4 Å². The van der Waals surface area contributed by atoms with E-state index in [1.165, 1.54) is 17.2 Å². The molecule has 3 aromatic carbocycles. The van der Waals surface area contributed by atoms with Gasteiger partial charge in [-0.05, 0) is 49.0 Å². The van der Waals surface area contributed by atoms with Crippen molar-refractivity contribution in [3.8, 4) is 0 Å². The third-order valence-corrected chi connectivity index (χ3v) is 6.36. The molecular weight excluding hydrogens is 472 g/mol. The zero-order chi connectivity index (χ0) is 25.9. The third kappa shape index (κ3) is 5.09. The van der Waals surface area contributed by atoms with E-state index in [9.17, 15) is 19.5 Å². The minimum atomic E-state index is -1.07. The van der Waals surface area contributed by atoms with Crippen LogP contribution in [0.5, 0.6) is 0 Å². The first-order chi connectivity index (χ1) is 17.9. The van der Waals surface area contributed by atoms with Crippen molar-refractivity contribution in [1.82, 2.24) is 9.96 Å². The van der Waals surface area contributed by atoms with Crippen LogP contribution < -0.4 is 10.6 Å². The topological polar surface area (TPSA) is 111 Å². The monoisotopic (exact) mass is 498 g/mol. The molecule has 3 aromatic rings. The van der Waals surface area contributed by atoms with Gasteiger partial charge in [0.15, 0.2) is 0 Å². The second-order valence-electron chi connectivity index (χ2n) is 8.88. The number of hydrogen-bond donors (Lipinski definition) is 3. The van der Waals surface area contributed by atoms with Gasteiger partial charge in [-0.25, -0.2) is 9.86 Å². The van der Waals surface area contributed by atoms with Crippen LogP contribution in [-0.2, 0) is 9.63 Å². The van der Waals surface area contributed by atoms with Crippen LogP contribution in [0.3, 0.4) is 0 Å². The van der Waals surface area contributed by atoms with Gasteiger partial charge >= 0.3 is 5.97 Å². The van der Waals surface area contributed by atoms with Crippen molar-refractivity contribution < 1.29 is 24.3 Å². The van der Waals surface area contributed by atoms with Crippen LogP contribution in [0, 0.1) is 0 Å². The maximum atomic E-state index is 13.1. The van der Waals surface area contributed by atoms with Crippen LogP contribution in [0.15, 0.2) is 72.8 Å². The molecule has 5 rings (SSSR count). The SMILES string of the molecule is CN1CCON(C(=O)c2ccc(N/C(=C3\C(=O)Nc4cc(C(=O)O)ccc43)c3ccccc3)cc2)CC1. The number of carbonyl (C=O) groups is 3. The van der Waals surface area contributed by atoms with Crippen LogP contribution >= 0.6 is 0 Å². The highest BCUT2D eigenvalue weighted by Gasteiger charge is 2.29. The molecule has 0 radical (unpaired) electrons. The van der Waals surface area contributed by atoms with Gasteiger partial charge in [0, 0.05) is 29.9 Å². The molecule has 2 heterocycles. The van der Waals surface area contributed by atoms with E-state index in [-0.39, 0.29) is 17.4 Å². The van der Waals surface area contributed by atoms with E-state index in [1.54, 1.807) is 30.3 Å². The van der Waals surface area contributed by atoms with Gasteiger partial charge in [0.05, 0.1) is 35.7 Å². The molecule has 0 unspecified atom stereocenters. The molecular formula is C28H26N4O5. The standard InChI is InChI=1S/C28H26N4O5/c1-31-13-14-32(37-16-15-31)27(34)19-7-10-21(11-8-19)29-25(18-5-3-2-4-6-18)24-22-12-9-20(28(35)36)17-23(22)30-26(24)33/h2-12,17,29H,13-16H2,1H3,(H,30,33)(H,35,36)/b25-24-. The number of benzene rings is 3. The fourth-order valence-corrected chi connectivity index (χ4v) is 4.33. The van der Waals surface area contributed by atoms with E-state index in [4.69, 9.17) is 4.84 Å². The van der Waals surface area contributed by atoms with Gasteiger partial charge in [-0.15, -0.1) is 0 Å². The summed E-state index contributed by atoms with van der Waals surface area (Å²) in [6.45, 7) is 2.43. The van der Waals surface area contributed by atoms with E-state index >= 15 is 0 Å². The summed E-state index contributed by atoms with van der Waals surface area (Å²) < 4.78 is 0. The Morgan fingerprint density at radius 2 is 1.65 bits per heavy atom. The number of hydroxylamine groups is 2. The Balaban J connectivity index is 1.46. The molecule has 3 N–H and O–H groups in total. The zero-order valence-corrected chi connectivity index (χ0v) is 20.2. The highest BCUT2D eigenvalue weighted by molar-refractivity contribution is 6.37. The lowest BCUT2D eigenvalue weighted by atomic mass is 9.99. The van der Waals surface area contributed by atoms with Crippen LogP contribution in [0.1, 0.15) is 31.8 Å². The van der Waals surface area contributed by atoms with Crippen molar-refractivity contribution in [3.63, 3.8) is 0 Å². The lowest BCUT2D eigenvalue weighted by molar-refractivity contribution is -0.112. The summed E-state index contributed by atoms with van der Waals surface area (Å²) in [6, 6.07) is 21.0. The Kier molecular flexibility index (Phi) is 6.72. The molecule has 0 spiro atoms. The quantitative estimate of drug-likeness (QED) is 0.461. The van der Waals surface area contributed by atoms with Crippen molar-refractivity contribution in [3.05, 3.63) is 95.1 Å². The predicted molar refractivity (Wildman–Crippen MR) is 140 cm³/mol. The number of rotatable bonds is 5. The fraction of sp³-hybridized carbons (Fsp3) is 0.179. The maximum Gasteiger partial charge on any atom is 0.335 e. The Morgan fingerprint density at radius 1 is 0.919 bits per heavy atom. The Bertz CT molecular complexity index is 1390. The molecule has 1 saturated heterocycles. The number of likely N-dealkylation sites (N-methyl/N-ethyl adjacent to an activating group) is 1. The normalized spacial score (nSPS) is 17.0. The second-order valence-corrected chi connectivity index (χ2v) is 8.88. The number of carbonyl (C=O) groups excluding carboxylic acids is 2. The van der Waals surface area contributed by atoms with Gasteiger partial charge < -0.3 is 20.6 Å². The summed E-state index contributed by atoms with van der Waals surface area (Å²) in [4.78, 5) is 45.1. The third-order valence-electron chi connectivity index (χ3n) is 6.36. The van der Waals surface area contributed by atoms with Crippen molar-refractivity contribution >= 4 is 40.4 Å². The van der Waals surface area contributed by atoms with E-state index in [1.807, 2.05) is 37.4 Å². The van der Waals surface area contributed by atoms with Gasteiger partial charge in [0.2, 0.25) is 0 Å². The summed E-state index contributed by atoms with van der Waals surface area (Å²) in [7, 11) is 1.99. The molecule has 37 heavy (non-hydrogen) atoms. The van der Waals surface area contributed by atoms with E-state index < -0.39 is 5.97 Å². The smallest absolute Gasteiger partial charge is 0.335 e. The first kappa shape index (κ1) is 24.2. The molecule has 2 amide bonds. The van der Waals surface area contributed by atoms with Gasteiger partial charge in [-0.1, -0.05) is 36.4 Å². The fourth-order valence-electron chi connectivity index (χ4n) is 4.33. The number of fused-ring (bicyclic) bond motifs is 1. The predicted octanol–water partition coefficient (Wildman–Crippen LogP) is 3.64. The van der Waals surface area contributed by atoms with Gasteiger partial charge in [0.25, 0.3) is 11.8 Å². The lowest BCUT2D eigenvalue weighted by Crippen LogP contribution is -2.33. The second kappa shape index (κ2) is 10.3. The van der Waals surface area contributed by atoms with E-state index in [0.717, 1.165) is 18.7 Å². The first-order valence-electron chi connectivity index (χ1n) is 11.9. The van der Waals surface area contributed by atoms with Crippen molar-refractivity contribution in [2.75, 3.05) is 43.9 Å². The molecule has 9 nitrogen and oxygen atoms in total. The van der Waals surface area contributed by atoms with Crippen molar-refractivity contribution in [2.45, 2.75) is 0 Å². The summed E-state index contributed by atoms with van der Waals surface area (Å²) in [5.41, 5.74) is 4.07. The summed E-state index contributed by atoms with van der Waals surface area (Å²) in [6.07, 6.45) is 0. The molecule has 0 bridgehead atoms. The average Bonchev–Trinajstić information content (AvgIpc) is 3.07. The Labute approximate surface area is 213 Å². The van der Waals surface area contributed by atoms with E-state index in [0.29, 0.717) is 46.9 Å². The maximum absolute atomic E-state index is 13.1. The molecule has 1 fully saturated rings. The largest absolute Gasteiger partial charge is 0.478 e. The molecule has 2 aliphatic rings. The minimum Gasteiger partial charge on any atom is -0.478 e. The van der Waals surface area contributed by atoms with Gasteiger partial charge in [-0.3, -0.25) is 14.4 Å². The van der Waals surface area contributed by atoms with Crippen LogP contribution in [-0.4, -0.2) is 66.1 Å². The summed E-state index contributed by atoms with van der Waals surface area (Å²) in [5.74, 6) is -1.61. The highest BCUT2D eigenvalue weighted by Crippen LogP contribution is 2.38. The highest BCUT2D eigenvalue weighted by atomic mass is 16.7. The summed E-state index contributed by atoms with van der Waals surface area (Å²) >= 11 is 0. The number of anilines is 2. The van der Waals surface area contributed by atoms with Crippen molar-refractivity contribution in [2.24, 2.45) is 0 Å². The molecule has 0 saturated carbocycles. The first-order valence-corrected chi connectivity index (χ1v) is 11.9. The van der Waals surface area contributed by atoms with Gasteiger partial charge in [0.1, 0.15) is 0 Å². The number of amides is 2. The number of nitrogens with one attached hydrogen (secondary N) is 2. The minimum absolute atomic E-state index is 0.0924. The van der Waals surface area contributed by atoms with Gasteiger partial charge in [-0.2, -0.15) is 0 Å². The zero-order valence-electron chi connectivity index (χ0n) is 20.2. The van der Waals surface area contributed by atoms with Crippen LogP contribution in [0.2, 0.25) is 0 Å². The molecule has 0 aromatic heterocycles. The molecule has 0 aliphatic carbocycles. The molecule has 188 valence electrons. The molecule has 2 aliphatic heterocycles.